The number of aromatic nitrogens is 2. The Balaban J connectivity index is 1.80. The number of methoxy groups -OCH3 is 1. The molecule has 0 aliphatic carbocycles. The van der Waals surface area contributed by atoms with E-state index in [1.807, 2.05) is 12.1 Å². The molecule has 2 rings (SSSR count). The Hall–Kier alpha value is -2.47. The molecule has 22 heavy (non-hydrogen) atoms. The lowest BCUT2D eigenvalue weighted by Gasteiger charge is -2.07. The highest BCUT2D eigenvalue weighted by atomic mass is 16.5. The van der Waals surface area contributed by atoms with Crippen molar-refractivity contribution < 1.29 is 9.53 Å². The van der Waals surface area contributed by atoms with Gasteiger partial charge >= 0.3 is 0 Å². The molecule has 6 heteroatoms. The van der Waals surface area contributed by atoms with Gasteiger partial charge in [-0.25, -0.2) is 4.98 Å². The molecule has 0 fully saturated rings. The first-order valence-electron chi connectivity index (χ1n) is 7.15. The van der Waals surface area contributed by atoms with Crippen molar-refractivity contribution in [2.75, 3.05) is 25.6 Å². The zero-order valence-electron chi connectivity index (χ0n) is 12.6. The minimum atomic E-state index is -0.151. The molecule has 0 saturated heterocycles. The smallest absolute Gasteiger partial charge is 0.253 e. The molecule has 0 aromatic carbocycles. The first-order chi connectivity index (χ1) is 10.8. The predicted octanol–water partition coefficient (Wildman–Crippen LogP) is 1.85. The minimum Gasteiger partial charge on any atom is -0.385 e. The SMILES string of the molecule is COCCCNc1ccc(C(=O)NCc2cccnc2)cn1. The van der Waals surface area contributed by atoms with E-state index in [2.05, 4.69) is 20.6 Å². The van der Waals surface area contributed by atoms with Gasteiger partial charge in [-0.15, -0.1) is 0 Å². The summed E-state index contributed by atoms with van der Waals surface area (Å²) in [4.78, 5) is 20.3. The van der Waals surface area contributed by atoms with E-state index in [4.69, 9.17) is 4.74 Å². The number of nitrogens with zero attached hydrogens (tertiary/aromatic N) is 2. The lowest BCUT2D eigenvalue weighted by molar-refractivity contribution is 0.0950. The molecule has 2 aromatic rings. The summed E-state index contributed by atoms with van der Waals surface area (Å²) in [7, 11) is 1.68. The fraction of sp³-hybridized carbons (Fsp3) is 0.312. The third-order valence-corrected chi connectivity index (χ3v) is 3.03. The van der Waals surface area contributed by atoms with E-state index >= 15 is 0 Å². The first-order valence-corrected chi connectivity index (χ1v) is 7.15. The zero-order valence-corrected chi connectivity index (χ0v) is 12.6. The summed E-state index contributed by atoms with van der Waals surface area (Å²) in [6.07, 6.45) is 5.90. The van der Waals surface area contributed by atoms with E-state index in [-0.39, 0.29) is 5.91 Å². The summed E-state index contributed by atoms with van der Waals surface area (Å²) in [5.41, 5.74) is 1.49. The molecule has 1 amide bonds. The van der Waals surface area contributed by atoms with Gasteiger partial charge in [-0.05, 0) is 30.2 Å². The van der Waals surface area contributed by atoms with E-state index in [1.54, 1.807) is 37.8 Å². The number of amides is 1. The Bertz CT molecular complexity index is 572. The summed E-state index contributed by atoms with van der Waals surface area (Å²) in [6.45, 7) is 1.94. The van der Waals surface area contributed by atoms with Gasteiger partial charge in [0.15, 0.2) is 0 Å². The molecule has 0 radical (unpaired) electrons. The van der Waals surface area contributed by atoms with Gasteiger partial charge in [-0.1, -0.05) is 6.07 Å². The third-order valence-electron chi connectivity index (χ3n) is 3.03. The third kappa shape index (κ3) is 5.14. The Labute approximate surface area is 129 Å². The number of rotatable bonds is 8. The Morgan fingerprint density at radius 1 is 1.27 bits per heavy atom. The van der Waals surface area contributed by atoms with Gasteiger partial charge < -0.3 is 15.4 Å². The molecular formula is C16H20N4O2. The standard InChI is InChI=1S/C16H20N4O2/c1-22-9-3-8-18-15-6-5-14(12-19-15)16(21)20-11-13-4-2-7-17-10-13/h2,4-7,10,12H,3,8-9,11H2,1H3,(H,18,19)(H,20,21). The Morgan fingerprint density at radius 3 is 2.86 bits per heavy atom. The van der Waals surface area contributed by atoms with E-state index in [0.29, 0.717) is 18.7 Å². The monoisotopic (exact) mass is 300 g/mol. The second-order valence-corrected chi connectivity index (χ2v) is 4.75. The Kier molecular flexibility index (Phi) is 6.32. The normalized spacial score (nSPS) is 10.2. The van der Waals surface area contributed by atoms with Crippen LogP contribution in [0.1, 0.15) is 22.3 Å². The summed E-state index contributed by atoms with van der Waals surface area (Å²) in [6, 6.07) is 7.31. The summed E-state index contributed by atoms with van der Waals surface area (Å²) >= 11 is 0. The van der Waals surface area contributed by atoms with Crippen LogP contribution in [0, 0.1) is 0 Å². The molecule has 2 N–H and O–H groups in total. The molecule has 0 aliphatic rings. The highest BCUT2D eigenvalue weighted by Gasteiger charge is 2.06. The average Bonchev–Trinajstić information content (AvgIpc) is 2.58. The largest absolute Gasteiger partial charge is 0.385 e. The molecule has 0 saturated carbocycles. The van der Waals surface area contributed by atoms with Crippen molar-refractivity contribution in [3.8, 4) is 0 Å². The number of carbonyl (C=O) groups is 1. The number of nitrogens with one attached hydrogen (secondary N) is 2. The highest BCUT2D eigenvalue weighted by molar-refractivity contribution is 5.93. The van der Waals surface area contributed by atoms with Gasteiger partial charge in [0, 0.05) is 45.4 Å². The Morgan fingerprint density at radius 2 is 2.18 bits per heavy atom. The molecular weight excluding hydrogens is 280 g/mol. The summed E-state index contributed by atoms with van der Waals surface area (Å²) in [5.74, 6) is 0.599. The van der Waals surface area contributed by atoms with Crippen LogP contribution in [-0.4, -0.2) is 36.1 Å². The van der Waals surface area contributed by atoms with Crippen molar-refractivity contribution in [3.63, 3.8) is 0 Å². The zero-order chi connectivity index (χ0) is 15.6. The number of pyridine rings is 2. The van der Waals surface area contributed by atoms with Crippen LogP contribution in [0.25, 0.3) is 0 Å². The van der Waals surface area contributed by atoms with Gasteiger partial charge in [0.1, 0.15) is 5.82 Å². The molecule has 0 aliphatic heterocycles. The fourth-order valence-electron chi connectivity index (χ4n) is 1.85. The van der Waals surface area contributed by atoms with Crippen LogP contribution >= 0.6 is 0 Å². The molecule has 0 bridgehead atoms. The number of carbonyl (C=O) groups excluding carboxylic acids is 1. The minimum absolute atomic E-state index is 0.151. The van der Waals surface area contributed by atoms with Gasteiger partial charge in [-0.3, -0.25) is 9.78 Å². The maximum absolute atomic E-state index is 12.0. The maximum atomic E-state index is 12.0. The lowest BCUT2D eigenvalue weighted by Crippen LogP contribution is -2.23. The summed E-state index contributed by atoms with van der Waals surface area (Å²) < 4.78 is 4.98. The molecule has 2 aromatic heterocycles. The van der Waals surface area contributed by atoms with E-state index in [0.717, 1.165) is 24.3 Å². The van der Waals surface area contributed by atoms with Crippen molar-refractivity contribution in [1.29, 1.82) is 0 Å². The second-order valence-electron chi connectivity index (χ2n) is 4.75. The van der Waals surface area contributed by atoms with Crippen LogP contribution < -0.4 is 10.6 Å². The first kappa shape index (κ1) is 15.9. The quantitative estimate of drug-likeness (QED) is 0.728. The fourth-order valence-corrected chi connectivity index (χ4v) is 1.85. The molecule has 116 valence electrons. The molecule has 0 unspecified atom stereocenters. The van der Waals surface area contributed by atoms with Crippen molar-refractivity contribution in [1.82, 2.24) is 15.3 Å². The van der Waals surface area contributed by atoms with Crippen LogP contribution in [-0.2, 0) is 11.3 Å². The van der Waals surface area contributed by atoms with Crippen LogP contribution in [0.5, 0.6) is 0 Å². The number of hydrogen-bond donors (Lipinski definition) is 2. The number of anilines is 1. The van der Waals surface area contributed by atoms with Gasteiger partial charge in [0.25, 0.3) is 5.91 Å². The second kappa shape index (κ2) is 8.74. The average molecular weight is 300 g/mol. The lowest BCUT2D eigenvalue weighted by atomic mass is 10.2. The van der Waals surface area contributed by atoms with Crippen molar-refractivity contribution in [3.05, 3.63) is 54.0 Å². The maximum Gasteiger partial charge on any atom is 0.253 e. The van der Waals surface area contributed by atoms with Crippen LogP contribution in [0.3, 0.4) is 0 Å². The van der Waals surface area contributed by atoms with Crippen molar-refractivity contribution >= 4 is 11.7 Å². The predicted molar refractivity (Wildman–Crippen MR) is 84.6 cm³/mol. The van der Waals surface area contributed by atoms with Crippen molar-refractivity contribution in [2.45, 2.75) is 13.0 Å². The van der Waals surface area contributed by atoms with Gasteiger partial charge in [0.05, 0.1) is 5.56 Å². The molecule has 2 heterocycles. The summed E-state index contributed by atoms with van der Waals surface area (Å²) in [5, 5.41) is 6.01. The van der Waals surface area contributed by atoms with E-state index < -0.39 is 0 Å². The topological polar surface area (TPSA) is 76.1 Å². The molecule has 0 atom stereocenters. The highest BCUT2D eigenvalue weighted by Crippen LogP contribution is 2.05. The van der Waals surface area contributed by atoms with Crippen LogP contribution in [0.4, 0.5) is 5.82 Å². The van der Waals surface area contributed by atoms with Gasteiger partial charge in [0.2, 0.25) is 0 Å². The van der Waals surface area contributed by atoms with E-state index in [9.17, 15) is 4.79 Å². The van der Waals surface area contributed by atoms with Crippen molar-refractivity contribution in [2.24, 2.45) is 0 Å². The van der Waals surface area contributed by atoms with Gasteiger partial charge in [-0.2, -0.15) is 0 Å². The van der Waals surface area contributed by atoms with E-state index in [1.165, 1.54) is 0 Å². The molecule has 6 nitrogen and oxygen atoms in total. The number of ether oxygens (including phenoxy) is 1. The van der Waals surface area contributed by atoms with Crippen LogP contribution in [0.15, 0.2) is 42.9 Å². The van der Waals surface area contributed by atoms with Crippen LogP contribution in [0.2, 0.25) is 0 Å². The molecule has 0 spiro atoms. The number of hydrogen-bond acceptors (Lipinski definition) is 5.